The Bertz CT molecular complexity index is 597. The fourth-order valence-corrected chi connectivity index (χ4v) is 2.47. The second-order valence-corrected chi connectivity index (χ2v) is 5.34. The second-order valence-electron chi connectivity index (χ2n) is 3.62. The molecule has 0 fully saturated rings. The molecule has 1 N–H and O–H groups in total. The third-order valence-electron chi connectivity index (χ3n) is 2.45. The van der Waals surface area contributed by atoms with E-state index in [9.17, 15) is 4.79 Å². The number of methoxy groups -OCH3 is 2. The quantitative estimate of drug-likeness (QED) is 0.936. The molecule has 0 bridgehead atoms. The molecule has 4 nitrogen and oxygen atoms in total. The Hall–Kier alpha value is -1.72. The summed E-state index contributed by atoms with van der Waals surface area (Å²) in [6, 6.07) is 8.55. The number of ether oxygens (including phenoxy) is 2. The van der Waals surface area contributed by atoms with E-state index < -0.39 is 0 Å². The van der Waals surface area contributed by atoms with Crippen LogP contribution in [-0.4, -0.2) is 20.1 Å². The van der Waals surface area contributed by atoms with Crippen LogP contribution in [0.2, 0.25) is 4.34 Å². The van der Waals surface area contributed by atoms with Crippen molar-refractivity contribution in [2.75, 3.05) is 19.5 Å². The molecule has 0 aliphatic carbocycles. The van der Waals surface area contributed by atoms with Crippen LogP contribution in [0.1, 0.15) is 9.67 Å². The Labute approximate surface area is 119 Å². The molecule has 6 heteroatoms. The number of amides is 1. The highest BCUT2D eigenvalue weighted by Gasteiger charge is 2.12. The molecule has 0 saturated heterocycles. The maximum absolute atomic E-state index is 12.0. The van der Waals surface area contributed by atoms with E-state index in [4.69, 9.17) is 21.1 Å². The van der Waals surface area contributed by atoms with E-state index in [0.29, 0.717) is 26.4 Å². The highest BCUT2D eigenvalue weighted by molar-refractivity contribution is 7.18. The van der Waals surface area contributed by atoms with Crippen LogP contribution in [0.3, 0.4) is 0 Å². The van der Waals surface area contributed by atoms with Gasteiger partial charge in [-0.2, -0.15) is 0 Å². The number of carbonyl (C=O) groups is 1. The maximum atomic E-state index is 12.0. The zero-order chi connectivity index (χ0) is 13.8. The van der Waals surface area contributed by atoms with Crippen LogP contribution in [0.25, 0.3) is 0 Å². The van der Waals surface area contributed by atoms with Crippen molar-refractivity contribution in [2.24, 2.45) is 0 Å². The zero-order valence-corrected chi connectivity index (χ0v) is 12.0. The number of halogens is 1. The van der Waals surface area contributed by atoms with Crippen LogP contribution >= 0.6 is 22.9 Å². The standard InChI is InChI=1S/C13H12ClNO3S/c1-17-8-3-4-10(18-2)9(7-8)15-13(16)11-5-6-12(14)19-11/h3-7H,1-2H3,(H,15,16). The normalized spacial score (nSPS) is 10.1. The Morgan fingerprint density at radius 2 is 2.00 bits per heavy atom. The third kappa shape index (κ3) is 3.19. The van der Waals surface area contributed by atoms with Crippen LogP contribution in [0.4, 0.5) is 5.69 Å². The van der Waals surface area contributed by atoms with Crippen molar-refractivity contribution < 1.29 is 14.3 Å². The molecule has 1 aromatic heterocycles. The molecule has 0 aliphatic rings. The first-order chi connectivity index (χ1) is 9.13. The molecule has 2 rings (SSSR count). The number of rotatable bonds is 4. The van der Waals surface area contributed by atoms with Crippen molar-refractivity contribution in [2.45, 2.75) is 0 Å². The van der Waals surface area contributed by atoms with Gasteiger partial charge >= 0.3 is 0 Å². The molecule has 0 saturated carbocycles. The molecule has 0 aliphatic heterocycles. The average Bonchev–Trinajstić information content (AvgIpc) is 2.85. The van der Waals surface area contributed by atoms with Gasteiger partial charge in [-0.1, -0.05) is 11.6 Å². The first-order valence-corrected chi connectivity index (χ1v) is 6.62. The largest absolute Gasteiger partial charge is 0.497 e. The van der Waals surface area contributed by atoms with Crippen LogP contribution in [-0.2, 0) is 0 Å². The SMILES string of the molecule is COc1ccc(OC)c(NC(=O)c2ccc(Cl)s2)c1. The Morgan fingerprint density at radius 1 is 1.21 bits per heavy atom. The first-order valence-electron chi connectivity index (χ1n) is 5.42. The molecule has 0 spiro atoms. The molecule has 1 aromatic carbocycles. The number of hydrogen-bond donors (Lipinski definition) is 1. The monoisotopic (exact) mass is 297 g/mol. The van der Waals surface area contributed by atoms with Gasteiger partial charge in [0, 0.05) is 6.07 Å². The van der Waals surface area contributed by atoms with E-state index in [2.05, 4.69) is 5.32 Å². The summed E-state index contributed by atoms with van der Waals surface area (Å²) in [6.45, 7) is 0. The predicted molar refractivity (Wildman–Crippen MR) is 76.8 cm³/mol. The van der Waals surface area contributed by atoms with E-state index in [1.807, 2.05) is 0 Å². The third-order valence-corrected chi connectivity index (χ3v) is 3.68. The van der Waals surface area contributed by atoms with Gasteiger partial charge in [-0.05, 0) is 24.3 Å². The fraction of sp³-hybridized carbons (Fsp3) is 0.154. The summed E-state index contributed by atoms with van der Waals surface area (Å²) >= 11 is 7.03. The van der Waals surface area contributed by atoms with Gasteiger partial charge in [0.15, 0.2) is 0 Å². The first kappa shape index (κ1) is 13.7. The minimum Gasteiger partial charge on any atom is -0.497 e. The minimum absolute atomic E-state index is 0.233. The predicted octanol–water partition coefficient (Wildman–Crippen LogP) is 3.67. The molecule has 0 atom stereocenters. The van der Waals surface area contributed by atoms with Gasteiger partial charge in [0.05, 0.1) is 29.1 Å². The lowest BCUT2D eigenvalue weighted by Gasteiger charge is -2.11. The van der Waals surface area contributed by atoms with Crippen molar-refractivity contribution in [1.29, 1.82) is 0 Å². The lowest BCUT2D eigenvalue weighted by atomic mass is 10.2. The Kier molecular flexibility index (Phi) is 4.29. The summed E-state index contributed by atoms with van der Waals surface area (Å²) in [5.41, 5.74) is 0.552. The topological polar surface area (TPSA) is 47.6 Å². The molecular weight excluding hydrogens is 286 g/mol. The lowest BCUT2D eigenvalue weighted by molar-refractivity contribution is 0.103. The molecular formula is C13H12ClNO3S. The number of thiophene rings is 1. The number of hydrogen-bond acceptors (Lipinski definition) is 4. The molecule has 2 aromatic rings. The van der Waals surface area contributed by atoms with Crippen LogP contribution < -0.4 is 14.8 Å². The summed E-state index contributed by atoms with van der Waals surface area (Å²) in [7, 11) is 3.10. The summed E-state index contributed by atoms with van der Waals surface area (Å²) in [5.74, 6) is 0.973. The fourth-order valence-electron chi connectivity index (χ4n) is 1.53. The number of nitrogens with one attached hydrogen (secondary N) is 1. The molecule has 19 heavy (non-hydrogen) atoms. The van der Waals surface area contributed by atoms with E-state index in [0.717, 1.165) is 0 Å². The van der Waals surface area contributed by atoms with Gasteiger partial charge in [0.2, 0.25) is 0 Å². The highest BCUT2D eigenvalue weighted by atomic mass is 35.5. The number of benzene rings is 1. The summed E-state index contributed by atoms with van der Waals surface area (Å²) in [5, 5.41) is 2.77. The summed E-state index contributed by atoms with van der Waals surface area (Å²) in [6.07, 6.45) is 0. The smallest absolute Gasteiger partial charge is 0.265 e. The molecule has 1 amide bonds. The Balaban J connectivity index is 2.24. The van der Waals surface area contributed by atoms with Gasteiger partial charge in [-0.25, -0.2) is 0 Å². The van der Waals surface area contributed by atoms with Gasteiger partial charge in [-0.3, -0.25) is 4.79 Å². The molecule has 100 valence electrons. The lowest BCUT2D eigenvalue weighted by Crippen LogP contribution is -2.11. The van der Waals surface area contributed by atoms with Crippen LogP contribution in [0, 0.1) is 0 Å². The van der Waals surface area contributed by atoms with Crippen molar-refractivity contribution in [3.63, 3.8) is 0 Å². The van der Waals surface area contributed by atoms with Crippen molar-refractivity contribution in [1.82, 2.24) is 0 Å². The Morgan fingerprint density at radius 3 is 2.58 bits per heavy atom. The average molecular weight is 298 g/mol. The maximum Gasteiger partial charge on any atom is 0.265 e. The van der Waals surface area contributed by atoms with Gasteiger partial charge < -0.3 is 14.8 Å². The summed E-state index contributed by atoms with van der Waals surface area (Å²) < 4.78 is 10.9. The van der Waals surface area contributed by atoms with E-state index in [1.165, 1.54) is 11.3 Å². The van der Waals surface area contributed by atoms with Crippen LogP contribution in [0.5, 0.6) is 11.5 Å². The van der Waals surface area contributed by atoms with E-state index in [-0.39, 0.29) is 5.91 Å². The summed E-state index contributed by atoms with van der Waals surface area (Å²) in [4.78, 5) is 12.6. The second kappa shape index (κ2) is 5.95. The van der Waals surface area contributed by atoms with Crippen molar-refractivity contribution in [3.05, 3.63) is 39.5 Å². The molecule has 1 heterocycles. The van der Waals surface area contributed by atoms with E-state index >= 15 is 0 Å². The van der Waals surface area contributed by atoms with Crippen molar-refractivity contribution >= 4 is 34.5 Å². The van der Waals surface area contributed by atoms with Crippen LogP contribution in [0.15, 0.2) is 30.3 Å². The number of anilines is 1. The van der Waals surface area contributed by atoms with Gasteiger partial charge in [0.25, 0.3) is 5.91 Å². The van der Waals surface area contributed by atoms with Crippen molar-refractivity contribution in [3.8, 4) is 11.5 Å². The van der Waals surface area contributed by atoms with Gasteiger partial charge in [0.1, 0.15) is 11.5 Å². The molecule has 0 radical (unpaired) electrons. The zero-order valence-electron chi connectivity index (χ0n) is 10.4. The molecule has 0 unspecified atom stereocenters. The highest BCUT2D eigenvalue weighted by Crippen LogP contribution is 2.30. The number of carbonyl (C=O) groups excluding carboxylic acids is 1. The van der Waals surface area contributed by atoms with Gasteiger partial charge in [-0.15, -0.1) is 11.3 Å². The van der Waals surface area contributed by atoms with E-state index in [1.54, 1.807) is 44.6 Å². The minimum atomic E-state index is -0.233.